The van der Waals surface area contributed by atoms with Gasteiger partial charge in [0.1, 0.15) is 0 Å². The standard InChI is InChI=1S/C4H7NOS2/c1-8(7)5-2-4(6)3-5/h2-3H2,1H3. The highest BCUT2D eigenvalue weighted by atomic mass is 32.8. The molecule has 1 unspecified atom stereocenters. The van der Waals surface area contributed by atoms with Crippen LogP contribution in [0.1, 0.15) is 0 Å². The van der Waals surface area contributed by atoms with Gasteiger partial charge in [0.15, 0.2) is 5.78 Å². The Morgan fingerprint density at radius 3 is 2.38 bits per heavy atom. The maximum absolute atomic E-state index is 10.3. The van der Waals surface area contributed by atoms with E-state index in [1.807, 2.05) is 10.6 Å². The van der Waals surface area contributed by atoms with Crippen LogP contribution in [0.2, 0.25) is 0 Å². The molecule has 1 heterocycles. The van der Waals surface area contributed by atoms with Crippen LogP contribution in [0.5, 0.6) is 0 Å². The molecule has 0 N–H and O–H groups in total. The fourth-order valence-corrected chi connectivity index (χ4v) is 1.50. The molecule has 1 rings (SSSR count). The van der Waals surface area contributed by atoms with Crippen LogP contribution in [0.25, 0.3) is 0 Å². The first-order valence-corrected chi connectivity index (χ1v) is 4.82. The third-order valence-electron chi connectivity index (χ3n) is 1.07. The van der Waals surface area contributed by atoms with E-state index in [4.69, 9.17) is 11.2 Å². The largest absolute Gasteiger partial charge is 0.297 e. The van der Waals surface area contributed by atoms with E-state index in [2.05, 4.69) is 0 Å². The molecule has 0 aliphatic carbocycles. The highest BCUT2D eigenvalue weighted by Gasteiger charge is 2.23. The van der Waals surface area contributed by atoms with Crippen molar-refractivity contribution in [3.8, 4) is 0 Å². The fourth-order valence-electron chi connectivity index (χ4n) is 0.529. The summed E-state index contributed by atoms with van der Waals surface area (Å²) < 4.78 is 1.98. The molecule has 1 atom stereocenters. The molecule has 8 heavy (non-hydrogen) atoms. The minimum atomic E-state index is -0.0984. The van der Waals surface area contributed by atoms with E-state index in [1.165, 1.54) is 0 Å². The SMILES string of the molecule is CS(=S)N1CC(=O)C1. The highest BCUT2D eigenvalue weighted by molar-refractivity contribution is 8.27. The van der Waals surface area contributed by atoms with Crippen molar-refractivity contribution in [3.05, 3.63) is 0 Å². The predicted octanol–water partition coefficient (Wildman–Crippen LogP) is -0.504. The van der Waals surface area contributed by atoms with E-state index < -0.39 is 0 Å². The van der Waals surface area contributed by atoms with Crippen LogP contribution >= 0.6 is 0 Å². The van der Waals surface area contributed by atoms with E-state index in [1.54, 1.807) is 0 Å². The molecule has 0 saturated carbocycles. The van der Waals surface area contributed by atoms with Crippen molar-refractivity contribution in [2.45, 2.75) is 0 Å². The van der Waals surface area contributed by atoms with Crippen molar-refractivity contribution in [3.63, 3.8) is 0 Å². The van der Waals surface area contributed by atoms with E-state index in [0.717, 1.165) is 0 Å². The average Bonchev–Trinajstić information content (AvgIpc) is 1.57. The summed E-state index contributed by atoms with van der Waals surface area (Å²) in [6.07, 6.45) is 1.95. The molecule has 1 aliphatic rings. The zero-order chi connectivity index (χ0) is 6.15. The van der Waals surface area contributed by atoms with Crippen molar-refractivity contribution >= 4 is 26.6 Å². The fraction of sp³-hybridized carbons (Fsp3) is 0.750. The molecule has 1 aliphatic heterocycles. The monoisotopic (exact) mass is 149 g/mol. The third-order valence-corrected chi connectivity index (χ3v) is 2.69. The first-order chi connectivity index (χ1) is 3.70. The van der Waals surface area contributed by atoms with Gasteiger partial charge in [-0.1, -0.05) is 9.64 Å². The summed E-state index contributed by atoms with van der Waals surface area (Å²) in [5, 5.41) is 0. The Hall–Kier alpha value is 0.200. The first-order valence-electron chi connectivity index (χ1n) is 2.30. The second kappa shape index (κ2) is 2.21. The Morgan fingerprint density at radius 1 is 1.75 bits per heavy atom. The minimum absolute atomic E-state index is 0.0984. The number of hydrogen-bond donors (Lipinski definition) is 0. The molecule has 0 aromatic carbocycles. The van der Waals surface area contributed by atoms with Gasteiger partial charge in [-0.3, -0.25) is 4.79 Å². The summed E-state index contributed by atoms with van der Waals surface area (Å²) >= 11 is 4.91. The Morgan fingerprint density at radius 2 is 2.25 bits per heavy atom. The molecule has 0 spiro atoms. The van der Waals surface area contributed by atoms with Crippen molar-refractivity contribution in [2.24, 2.45) is 0 Å². The zero-order valence-corrected chi connectivity index (χ0v) is 6.22. The molecular formula is C4H7NOS2. The first kappa shape index (κ1) is 6.32. The van der Waals surface area contributed by atoms with E-state index >= 15 is 0 Å². The molecule has 0 amide bonds. The van der Waals surface area contributed by atoms with Gasteiger partial charge in [-0.25, -0.2) is 4.31 Å². The number of rotatable bonds is 1. The van der Waals surface area contributed by atoms with Crippen LogP contribution in [0.4, 0.5) is 0 Å². The topological polar surface area (TPSA) is 20.3 Å². The molecule has 0 aromatic rings. The summed E-state index contributed by atoms with van der Waals surface area (Å²) in [5.41, 5.74) is 0. The Labute approximate surface area is 55.6 Å². The van der Waals surface area contributed by atoms with Gasteiger partial charge in [0, 0.05) is 6.26 Å². The molecule has 0 aromatic heterocycles. The average molecular weight is 149 g/mol. The number of nitrogens with zero attached hydrogens (tertiary/aromatic N) is 1. The highest BCUT2D eigenvalue weighted by Crippen LogP contribution is 2.03. The lowest BCUT2D eigenvalue weighted by Gasteiger charge is -2.27. The summed E-state index contributed by atoms with van der Waals surface area (Å²) in [4.78, 5) is 10.3. The molecule has 0 bridgehead atoms. The normalized spacial score (nSPS) is 24.9. The summed E-state index contributed by atoms with van der Waals surface area (Å²) in [5.74, 6) is 0.314. The van der Waals surface area contributed by atoms with Gasteiger partial charge in [-0.2, -0.15) is 0 Å². The van der Waals surface area contributed by atoms with Crippen LogP contribution in [-0.4, -0.2) is 29.4 Å². The van der Waals surface area contributed by atoms with Gasteiger partial charge < -0.3 is 0 Å². The summed E-state index contributed by atoms with van der Waals surface area (Å²) in [7, 11) is -0.0984. The Balaban J connectivity index is 2.35. The second-order valence-corrected chi connectivity index (χ2v) is 4.57. The van der Waals surface area contributed by atoms with Crippen molar-refractivity contribution < 1.29 is 4.79 Å². The number of carbonyl (C=O) groups is 1. The predicted molar refractivity (Wildman–Crippen MR) is 37.2 cm³/mol. The Bertz CT molecular complexity index is 137. The maximum atomic E-state index is 10.3. The van der Waals surface area contributed by atoms with Gasteiger partial charge in [-0.05, 0) is 11.2 Å². The number of ketones is 1. The van der Waals surface area contributed by atoms with Crippen molar-refractivity contribution in [1.82, 2.24) is 4.31 Å². The van der Waals surface area contributed by atoms with Gasteiger partial charge in [0.25, 0.3) is 0 Å². The van der Waals surface area contributed by atoms with Crippen LogP contribution in [0.15, 0.2) is 0 Å². The van der Waals surface area contributed by atoms with Gasteiger partial charge in [0.05, 0.1) is 13.1 Å². The molecule has 1 saturated heterocycles. The minimum Gasteiger partial charge on any atom is -0.297 e. The van der Waals surface area contributed by atoms with Crippen LogP contribution in [0, 0.1) is 0 Å². The Kier molecular flexibility index (Phi) is 1.74. The third kappa shape index (κ3) is 1.13. The number of carbonyl (C=O) groups excluding carboxylic acids is 1. The lowest BCUT2D eigenvalue weighted by molar-refractivity contribution is -0.125. The number of Topliss-reactive ketones (excluding diaryl/α,β-unsaturated/α-hetero) is 1. The molecular weight excluding hydrogens is 142 g/mol. The van der Waals surface area contributed by atoms with Crippen LogP contribution in [-0.2, 0) is 25.6 Å². The summed E-state index contributed by atoms with van der Waals surface area (Å²) in [6, 6.07) is 0. The van der Waals surface area contributed by atoms with Gasteiger partial charge in [-0.15, -0.1) is 0 Å². The molecule has 4 heteroatoms. The summed E-state index contributed by atoms with van der Waals surface area (Å²) in [6.45, 7) is 1.17. The van der Waals surface area contributed by atoms with Crippen molar-refractivity contribution in [2.75, 3.05) is 19.3 Å². The van der Waals surface area contributed by atoms with Crippen molar-refractivity contribution in [1.29, 1.82) is 0 Å². The molecule has 46 valence electrons. The lowest BCUT2D eigenvalue weighted by atomic mass is 10.3. The quantitative estimate of drug-likeness (QED) is 0.501. The molecule has 2 nitrogen and oxygen atoms in total. The zero-order valence-electron chi connectivity index (χ0n) is 4.59. The molecule has 1 fully saturated rings. The van der Waals surface area contributed by atoms with Crippen LogP contribution < -0.4 is 0 Å². The lowest BCUT2D eigenvalue weighted by Crippen LogP contribution is -2.47. The maximum Gasteiger partial charge on any atom is 0.162 e. The van der Waals surface area contributed by atoms with E-state index in [0.29, 0.717) is 18.9 Å². The van der Waals surface area contributed by atoms with Gasteiger partial charge >= 0.3 is 0 Å². The van der Waals surface area contributed by atoms with Crippen LogP contribution in [0.3, 0.4) is 0 Å². The smallest absolute Gasteiger partial charge is 0.162 e. The van der Waals surface area contributed by atoms with E-state index in [9.17, 15) is 4.79 Å². The number of hydrogen-bond acceptors (Lipinski definition) is 2. The second-order valence-electron chi connectivity index (χ2n) is 1.76. The molecule has 0 radical (unpaired) electrons. The van der Waals surface area contributed by atoms with Gasteiger partial charge in [0.2, 0.25) is 0 Å². The van der Waals surface area contributed by atoms with E-state index in [-0.39, 0.29) is 9.64 Å².